The molecule has 19 heavy (non-hydrogen) atoms. The van der Waals surface area contributed by atoms with E-state index in [1.54, 1.807) is 0 Å². The van der Waals surface area contributed by atoms with Crippen molar-refractivity contribution in [3.63, 3.8) is 0 Å². The first-order valence-electron chi connectivity index (χ1n) is 7.60. The molecule has 0 aliphatic carbocycles. The second kappa shape index (κ2) is 8.21. The molecular weight excluding hydrogens is 232 g/mol. The fourth-order valence-corrected chi connectivity index (χ4v) is 2.67. The number of nitrogens with one attached hydrogen (secondary N) is 1. The summed E-state index contributed by atoms with van der Waals surface area (Å²) in [5, 5.41) is 3.55. The molecule has 2 nitrogen and oxygen atoms in total. The van der Waals surface area contributed by atoms with Crippen LogP contribution in [0.3, 0.4) is 0 Å². The van der Waals surface area contributed by atoms with Crippen LogP contribution in [-0.4, -0.2) is 26.2 Å². The first-order valence-corrected chi connectivity index (χ1v) is 7.60. The largest absolute Gasteiger partial charge is 0.374 e. The zero-order chi connectivity index (χ0) is 14.3. The van der Waals surface area contributed by atoms with Crippen molar-refractivity contribution in [2.45, 2.75) is 53.0 Å². The Morgan fingerprint density at radius 1 is 1.21 bits per heavy atom. The molecule has 1 atom stereocenters. The molecular formula is C17H30N2. The molecule has 2 heteroatoms. The van der Waals surface area contributed by atoms with Gasteiger partial charge in [-0.2, -0.15) is 0 Å². The van der Waals surface area contributed by atoms with Gasteiger partial charge in [-0.25, -0.2) is 0 Å². The third-order valence-electron chi connectivity index (χ3n) is 3.80. The van der Waals surface area contributed by atoms with Gasteiger partial charge in [0.05, 0.1) is 0 Å². The fraction of sp³-hybridized carbons (Fsp3) is 0.647. The van der Waals surface area contributed by atoms with Gasteiger partial charge in [-0.1, -0.05) is 31.5 Å². The van der Waals surface area contributed by atoms with Gasteiger partial charge >= 0.3 is 0 Å². The summed E-state index contributed by atoms with van der Waals surface area (Å²) in [6.45, 7) is 11.0. The summed E-state index contributed by atoms with van der Waals surface area (Å²) in [4.78, 5) is 2.38. The van der Waals surface area contributed by atoms with Crippen LogP contribution in [0.25, 0.3) is 0 Å². The van der Waals surface area contributed by atoms with Crippen LogP contribution in [0.5, 0.6) is 0 Å². The van der Waals surface area contributed by atoms with Crippen LogP contribution in [0.15, 0.2) is 18.2 Å². The molecule has 0 saturated heterocycles. The first kappa shape index (κ1) is 16.0. The van der Waals surface area contributed by atoms with Crippen molar-refractivity contribution in [3.8, 4) is 0 Å². The molecule has 0 bridgehead atoms. The van der Waals surface area contributed by atoms with Crippen LogP contribution in [0.1, 0.15) is 44.2 Å². The van der Waals surface area contributed by atoms with E-state index in [1.165, 1.54) is 36.1 Å². The Balaban J connectivity index is 2.44. The van der Waals surface area contributed by atoms with Gasteiger partial charge in [-0.3, -0.25) is 0 Å². The second-order valence-corrected chi connectivity index (χ2v) is 5.52. The topological polar surface area (TPSA) is 15.3 Å². The number of anilines is 1. The standard InChI is InChI=1S/C17H30N2/c1-6-16(18-7-2)9-8-12-19(5)17-11-10-14(3)13-15(17)4/h10-11,13,16,18H,6-9,12H2,1-5H3. The average Bonchev–Trinajstić information content (AvgIpc) is 2.37. The van der Waals surface area contributed by atoms with E-state index in [4.69, 9.17) is 0 Å². The molecule has 1 aromatic carbocycles. The fourth-order valence-electron chi connectivity index (χ4n) is 2.67. The minimum absolute atomic E-state index is 0.678. The minimum atomic E-state index is 0.678. The van der Waals surface area contributed by atoms with E-state index in [2.05, 4.69) is 63.2 Å². The number of hydrogen-bond donors (Lipinski definition) is 1. The second-order valence-electron chi connectivity index (χ2n) is 5.52. The van der Waals surface area contributed by atoms with Crippen LogP contribution in [0.4, 0.5) is 5.69 Å². The Kier molecular flexibility index (Phi) is 6.93. The third-order valence-corrected chi connectivity index (χ3v) is 3.80. The zero-order valence-corrected chi connectivity index (χ0v) is 13.3. The third kappa shape index (κ3) is 5.23. The highest BCUT2D eigenvalue weighted by Gasteiger charge is 2.07. The monoisotopic (exact) mass is 262 g/mol. The van der Waals surface area contributed by atoms with Crippen LogP contribution in [-0.2, 0) is 0 Å². The van der Waals surface area contributed by atoms with E-state index in [0.717, 1.165) is 13.1 Å². The van der Waals surface area contributed by atoms with Crippen LogP contribution < -0.4 is 10.2 Å². The smallest absolute Gasteiger partial charge is 0.0393 e. The summed E-state index contributed by atoms with van der Waals surface area (Å²) in [6.07, 6.45) is 3.73. The zero-order valence-electron chi connectivity index (χ0n) is 13.3. The molecule has 0 saturated carbocycles. The van der Waals surface area contributed by atoms with E-state index in [-0.39, 0.29) is 0 Å². The molecule has 1 rings (SSSR count). The van der Waals surface area contributed by atoms with Gasteiger partial charge in [0, 0.05) is 25.3 Å². The van der Waals surface area contributed by atoms with Crippen molar-refractivity contribution in [2.24, 2.45) is 0 Å². The molecule has 108 valence electrons. The maximum atomic E-state index is 3.55. The van der Waals surface area contributed by atoms with E-state index < -0.39 is 0 Å². The van der Waals surface area contributed by atoms with E-state index in [0.29, 0.717) is 6.04 Å². The molecule has 0 aliphatic heterocycles. The molecule has 0 spiro atoms. The van der Waals surface area contributed by atoms with Gasteiger partial charge in [0.1, 0.15) is 0 Å². The lowest BCUT2D eigenvalue weighted by atomic mass is 10.1. The quantitative estimate of drug-likeness (QED) is 0.764. The maximum Gasteiger partial charge on any atom is 0.0393 e. The Labute approximate surface area is 119 Å². The van der Waals surface area contributed by atoms with Gasteiger partial charge in [0.25, 0.3) is 0 Å². The number of hydrogen-bond acceptors (Lipinski definition) is 2. The lowest BCUT2D eigenvalue weighted by Crippen LogP contribution is -2.29. The average molecular weight is 262 g/mol. The predicted octanol–water partition coefficient (Wildman–Crippen LogP) is 3.91. The van der Waals surface area contributed by atoms with Gasteiger partial charge in [0.15, 0.2) is 0 Å². The van der Waals surface area contributed by atoms with Crippen molar-refractivity contribution < 1.29 is 0 Å². The number of nitrogens with zero attached hydrogens (tertiary/aromatic N) is 1. The van der Waals surface area contributed by atoms with Crippen molar-refractivity contribution in [3.05, 3.63) is 29.3 Å². The van der Waals surface area contributed by atoms with Crippen LogP contribution in [0, 0.1) is 13.8 Å². The van der Waals surface area contributed by atoms with E-state index >= 15 is 0 Å². The minimum Gasteiger partial charge on any atom is -0.374 e. The molecule has 0 heterocycles. The van der Waals surface area contributed by atoms with Gasteiger partial charge in [0.2, 0.25) is 0 Å². The number of aryl methyl sites for hydroxylation is 2. The highest BCUT2D eigenvalue weighted by Crippen LogP contribution is 2.20. The first-order chi connectivity index (χ1) is 9.08. The maximum absolute atomic E-state index is 3.55. The molecule has 1 unspecified atom stereocenters. The lowest BCUT2D eigenvalue weighted by Gasteiger charge is -2.23. The van der Waals surface area contributed by atoms with E-state index in [9.17, 15) is 0 Å². The summed E-state index contributed by atoms with van der Waals surface area (Å²) in [7, 11) is 2.20. The van der Waals surface area contributed by atoms with Crippen molar-refractivity contribution in [1.29, 1.82) is 0 Å². The van der Waals surface area contributed by atoms with Crippen molar-refractivity contribution >= 4 is 5.69 Å². The van der Waals surface area contributed by atoms with Gasteiger partial charge in [-0.05, 0) is 51.3 Å². The molecule has 0 aliphatic rings. The Bertz CT molecular complexity index is 374. The lowest BCUT2D eigenvalue weighted by molar-refractivity contribution is 0.468. The summed E-state index contributed by atoms with van der Waals surface area (Å²) in [5.41, 5.74) is 4.08. The molecule has 0 amide bonds. The number of rotatable bonds is 8. The molecule has 0 radical (unpaired) electrons. The number of benzene rings is 1. The van der Waals surface area contributed by atoms with Crippen molar-refractivity contribution in [2.75, 3.05) is 25.0 Å². The predicted molar refractivity (Wildman–Crippen MR) is 86.2 cm³/mol. The summed E-state index contributed by atoms with van der Waals surface area (Å²) < 4.78 is 0. The SMILES string of the molecule is CCNC(CC)CCCN(C)c1ccc(C)cc1C. The normalized spacial score (nSPS) is 12.5. The van der Waals surface area contributed by atoms with Crippen LogP contribution >= 0.6 is 0 Å². The molecule has 1 aromatic rings. The van der Waals surface area contributed by atoms with Crippen molar-refractivity contribution in [1.82, 2.24) is 5.32 Å². The highest BCUT2D eigenvalue weighted by molar-refractivity contribution is 5.53. The Hall–Kier alpha value is -1.02. The van der Waals surface area contributed by atoms with Crippen LogP contribution in [0.2, 0.25) is 0 Å². The molecule has 0 aromatic heterocycles. The molecule has 1 N–H and O–H groups in total. The van der Waals surface area contributed by atoms with Gasteiger partial charge < -0.3 is 10.2 Å². The van der Waals surface area contributed by atoms with Gasteiger partial charge in [-0.15, -0.1) is 0 Å². The highest BCUT2D eigenvalue weighted by atomic mass is 15.1. The summed E-state index contributed by atoms with van der Waals surface area (Å²) in [6, 6.07) is 7.38. The summed E-state index contributed by atoms with van der Waals surface area (Å²) >= 11 is 0. The molecule has 0 fully saturated rings. The Morgan fingerprint density at radius 3 is 2.53 bits per heavy atom. The van der Waals surface area contributed by atoms with E-state index in [1.807, 2.05) is 0 Å². The Morgan fingerprint density at radius 2 is 1.95 bits per heavy atom. The summed E-state index contributed by atoms with van der Waals surface area (Å²) in [5.74, 6) is 0.